The fourth-order valence-electron chi connectivity index (χ4n) is 0.271. The molecule has 0 saturated carbocycles. The summed E-state index contributed by atoms with van der Waals surface area (Å²) in [5.41, 5.74) is 0.393. The maximum absolute atomic E-state index is 5.44. The molecule has 0 aliphatic rings. The van der Waals surface area contributed by atoms with E-state index < -0.39 is 0 Å². The lowest BCUT2D eigenvalue weighted by Crippen LogP contribution is -2.02. The predicted octanol–water partition coefficient (Wildman–Crippen LogP) is 1.73. The number of rotatable bonds is 3. The van der Waals surface area contributed by atoms with Crippen LogP contribution in [0.4, 0.5) is 0 Å². The summed E-state index contributed by atoms with van der Waals surface area (Å²) in [6.07, 6.45) is 0. The smallest absolute Gasteiger partial charge is 0.195 e. The lowest BCUT2D eigenvalue weighted by Gasteiger charge is -1.92. The van der Waals surface area contributed by atoms with Gasteiger partial charge in [0.2, 0.25) is 0 Å². The van der Waals surface area contributed by atoms with Crippen LogP contribution in [-0.4, -0.2) is 18.0 Å². The predicted molar refractivity (Wildman–Crippen MR) is 40.3 cm³/mol. The average molecular weight is 185 g/mol. The van der Waals surface area contributed by atoms with Crippen molar-refractivity contribution in [1.82, 2.24) is 0 Å². The summed E-state index contributed by atoms with van der Waals surface area (Å²) in [5, 5.41) is 6.69. The summed E-state index contributed by atoms with van der Waals surface area (Å²) in [6.45, 7) is 1.60. The summed E-state index contributed by atoms with van der Waals surface area (Å²) < 4.78 is 3.86. The Morgan fingerprint density at radius 2 is 2.00 bits per heavy atom. The minimum atomic E-state index is 0.0526. The van der Waals surface area contributed by atoms with Gasteiger partial charge in [0.1, 0.15) is 12.8 Å². The number of hydrogen-bond acceptors (Lipinski definition) is 4. The Balaban J connectivity index is 4.06. The summed E-state index contributed by atoms with van der Waals surface area (Å²) in [6, 6.07) is 0. The highest BCUT2D eigenvalue weighted by molar-refractivity contribution is 6.83. The van der Waals surface area contributed by atoms with E-state index in [0.717, 1.165) is 0 Å². The fraction of sp³-hybridized carbons (Fsp3) is 0.500. The molecule has 0 heterocycles. The van der Waals surface area contributed by atoms with Crippen molar-refractivity contribution in [3.8, 4) is 0 Å². The third-order valence-electron chi connectivity index (χ3n) is 0.641. The van der Waals surface area contributed by atoms with Crippen LogP contribution in [0.2, 0.25) is 0 Å². The molecule has 0 rings (SSSR count). The number of halogens is 2. The second kappa shape index (κ2) is 5.32. The van der Waals surface area contributed by atoms with Gasteiger partial charge in [0.25, 0.3) is 0 Å². The lowest BCUT2D eigenvalue weighted by atomic mass is 10.5. The Morgan fingerprint density at radius 1 is 1.40 bits per heavy atom. The highest BCUT2D eigenvalue weighted by Gasteiger charge is 1.99. The van der Waals surface area contributed by atoms with Crippen molar-refractivity contribution >= 4 is 34.3 Å². The van der Waals surface area contributed by atoms with E-state index in [4.69, 9.17) is 23.5 Å². The molecule has 0 amide bonds. The molecule has 0 saturated heterocycles. The van der Waals surface area contributed by atoms with Gasteiger partial charge in [0.05, 0.1) is 0 Å². The zero-order chi connectivity index (χ0) is 7.98. The quantitative estimate of drug-likeness (QED) is 0.496. The lowest BCUT2D eigenvalue weighted by molar-refractivity contribution is 0.214. The van der Waals surface area contributed by atoms with E-state index in [9.17, 15) is 0 Å². The maximum Gasteiger partial charge on any atom is 0.195 e. The molecule has 0 N–H and O–H groups in total. The highest BCUT2D eigenvalue weighted by atomic mass is 35.5. The van der Waals surface area contributed by atoms with Crippen LogP contribution < -0.4 is 0 Å². The first kappa shape index (κ1) is 9.52. The number of nitrogens with zero attached hydrogens (tertiary/aromatic N) is 2. The molecule has 0 radical (unpaired) electrons. The van der Waals surface area contributed by atoms with Crippen molar-refractivity contribution in [3.05, 3.63) is 0 Å². The van der Waals surface area contributed by atoms with Gasteiger partial charge >= 0.3 is 0 Å². The van der Waals surface area contributed by atoms with Crippen LogP contribution in [0.15, 0.2) is 10.3 Å². The maximum atomic E-state index is 5.44. The number of oxime groups is 2. The molecule has 6 heteroatoms. The van der Waals surface area contributed by atoms with Gasteiger partial charge in [-0.1, -0.05) is 16.8 Å². The molecule has 0 spiro atoms. The van der Waals surface area contributed by atoms with Crippen LogP contribution in [0, 0.1) is 0 Å². The van der Waals surface area contributed by atoms with Gasteiger partial charge < -0.3 is 4.84 Å². The Kier molecular flexibility index (Phi) is 5.06. The zero-order valence-corrected chi connectivity index (χ0v) is 6.98. The monoisotopic (exact) mass is 184 g/mol. The molecule has 0 bridgehead atoms. The van der Waals surface area contributed by atoms with Crippen LogP contribution in [0.5, 0.6) is 0 Å². The normalized spacial score (nSPS) is 13.2. The van der Waals surface area contributed by atoms with Crippen LogP contribution in [-0.2, 0) is 9.23 Å². The summed E-state index contributed by atoms with van der Waals surface area (Å²) >= 11 is 10.2. The summed E-state index contributed by atoms with van der Waals surface area (Å²) in [4.78, 5) is 4.40. The third-order valence-corrected chi connectivity index (χ3v) is 1.05. The van der Waals surface area contributed by atoms with E-state index in [2.05, 4.69) is 19.5 Å². The van der Waals surface area contributed by atoms with Crippen molar-refractivity contribution in [2.45, 2.75) is 6.92 Å². The second-order valence-electron chi connectivity index (χ2n) is 1.31. The zero-order valence-electron chi connectivity index (χ0n) is 5.47. The first-order valence-corrected chi connectivity index (χ1v) is 3.00. The van der Waals surface area contributed by atoms with Gasteiger partial charge in [-0.2, -0.15) is 0 Å². The molecule has 0 aromatic heterocycles. The van der Waals surface area contributed by atoms with Gasteiger partial charge in [-0.3, -0.25) is 4.39 Å². The molecule has 0 aromatic carbocycles. The standard InChI is InChI=1S/C4H6Cl2N2O2/c1-3(7-9-2)4(5)8-10-6/h1-2H3. The van der Waals surface area contributed by atoms with E-state index in [1.807, 2.05) is 0 Å². The van der Waals surface area contributed by atoms with Gasteiger partial charge in [-0.15, -0.1) is 0 Å². The van der Waals surface area contributed by atoms with Crippen molar-refractivity contribution in [1.29, 1.82) is 0 Å². The number of hydrogen-bond donors (Lipinski definition) is 0. The van der Waals surface area contributed by atoms with Gasteiger partial charge in [-0.05, 0) is 12.1 Å². The van der Waals surface area contributed by atoms with Gasteiger partial charge in [0.15, 0.2) is 17.0 Å². The third kappa shape index (κ3) is 3.53. The molecule has 0 atom stereocenters. The molecule has 0 aromatic rings. The molecular weight excluding hydrogens is 179 g/mol. The van der Waals surface area contributed by atoms with E-state index >= 15 is 0 Å². The van der Waals surface area contributed by atoms with Gasteiger partial charge in [-0.25, -0.2) is 0 Å². The SMILES string of the molecule is CON=C(C)C(Cl)=NOCl. The molecule has 4 nitrogen and oxygen atoms in total. The average Bonchev–Trinajstić information content (AvgIpc) is 1.89. The highest BCUT2D eigenvalue weighted by Crippen LogP contribution is 1.93. The Labute approximate surface area is 68.5 Å². The largest absolute Gasteiger partial charge is 0.399 e. The first-order chi connectivity index (χ1) is 4.72. The minimum Gasteiger partial charge on any atom is -0.399 e. The van der Waals surface area contributed by atoms with Crippen LogP contribution in [0.25, 0.3) is 0 Å². The second-order valence-corrected chi connectivity index (χ2v) is 1.81. The van der Waals surface area contributed by atoms with Gasteiger partial charge in [0, 0.05) is 0 Å². The van der Waals surface area contributed by atoms with E-state index in [-0.39, 0.29) is 5.17 Å². The molecule has 0 fully saturated rings. The molecular formula is C4H6Cl2N2O2. The van der Waals surface area contributed by atoms with Crippen LogP contribution >= 0.6 is 23.5 Å². The van der Waals surface area contributed by atoms with E-state index in [1.54, 1.807) is 6.92 Å². The van der Waals surface area contributed by atoms with Crippen molar-refractivity contribution in [2.24, 2.45) is 10.3 Å². The summed E-state index contributed by atoms with van der Waals surface area (Å²) in [7, 11) is 1.40. The molecule has 10 heavy (non-hydrogen) atoms. The van der Waals surface area contributed by atoms with E-state index in [1.165, 1.54) is 7.11 Å². The molecule has 0 aliphatic carbocycles. The minimum absolute atomic E-state index is 0.0526. The first-order valence-electron chi connectivity index (χ1n) is 2.31. The Bertz CT molecular complexity index is 139. The van der Waals surface area contributed by atoms with Crippen LogP contribution in [0.1, 0.15) is 6.92 Å². The van der Waals surface area contributed by atoms with Crippen molar-refractivity contribution < 1.29 is 9.23 Å². The van der Waals surface area contributed by atoms with Crippen molar-refractivity contribution in [2.75, 3.05) is 7.11 Å². The van der Waals surface area contributed by atoms with E-state index in [0.29, 0.717) is 5.71 Å². The molecule has 0 aliphatic heterocycles. The topological polar surface area (TPSA) is 43.2 Å². The summed E-state index contributed by atoms with van der Waals surface area (Å²) in [5.74, 6) is 0. The Morgan fingerprint density at radius 3 is 2.40 bits per heavy atom. The van der Waals surface area contributed by atoms with Crippen LogP contribution in [0.3, 0.4) is 0 Å². The van der Waals surface area contributed by atoms with Crippen molar-refractivity contribution in [3.63, 3.8) is 0 Å². The fourth-order valence-corrected chi connectivity index (χ4v) is 0.444. The molecule has 58 valence electrons. The molecule has 0 unspecified atom stereocenters. The Hall–Kier alpha value is -0.480.